The smallest absolute Gasteiger partial charge is 0.461 e. The van der Waals surface area contributed by atoms with E-state index in [-0.39, 0.29) is 24.7 Å². The Morgan fingerprint density at radius 1 is 0.913 bits per heavy atom. The summed E-state index contributed by atoms with van der Waals surface area (Å²) in [5.74, 6) is -0.668. The van der Waals surface area contributed by atoms with E-state index < -0.39 is 18.5 Å². The van der Waals surface area contributed by atoms with Crippen LogP contribution in [0.2, 0.25) is 0 Å². The SMILES string of the molecule is CSc1c(C(=O)N[C@@H](Cc2ccccc2)[C@@H](CNCc2cccc(OC(F)(F)F)c2)OC=O)cccc1N(SC)c1ccccc1. The van der Waals surface area contributed by atoms with Crippen LogP contribution in [0, 0.1) is 0 Å². The first-order valence-electron chi connectivity index (χ1n) is 14.3. The molecule has 0 heterocycles. The zero-order valence-corrected chi connectivity index (χ0v) is 26.8. The van der Waals surface area contributed by atoms with Crippen LogP contribution in [0.1, 0.15) is 21.5 Å². The Morgan fingerprint density at radius 3 is 2.24 bits per heavy atom. The largest absolute Gasteiger partial charge is 0.573 e. The Morgan fingerprint density at radius 2 is 1.59 bits per heavy atom. The maximum atomic E-state index is 14.0. The molecule has 46 heavy (non-hydrogen) atoms. The second-order valence-corrected chi connectivity index (χ2v) is 11.6. The lowest BCUT2D eigenvalue weighted by molar-refractivity contribution is -0.274. The number of ether oxygens (including phenoxy) is 2. The molecule has 0 aliphatic carbocycles. The van der Waals surface area contributed by atoms with Crippen LogP contribution in [0.3, 0.4) is 0 Å². The minimum atomic E-state index is -4.80. The Kier molecular flexibility index (Phi) is 12.8. The first-order valence-corrected chi connectivity index (χ1v) is 16.7. The van der Waals surface area contributed by atoms with Crippen molar-refractivity contribution in [3.63, 3.8) is 0 Å². The Bertz CT molecular complexity index is 1560. The van der Waals surface area contributed by atoms with Crippen molar-refractivity contribution < 1.29 is 32.2 Å². The van der Waals surface area contributed by atoms with Gasteiger partial charge in [0.15, 0.2) is 0 Å². The molecule has 0 bridgehead atoms. The third kappa shape index (κ3) is 9.93. The standard InChI is InChI=1S/C34H34F3N3O4S2/c1-45-32-28(17-10-18-30(32)40(46-2)26-14-7-4-8-15-26)33(42)39-29(20-24-11-5-3-6-12-24)31(43-23-41)22-38-21-25-13-9-16-27(19-25)44-34(35,36)37/h3-19,23,29,31,38H,20-22H2,1-2H3,(H,39,42)/t29-,31+/m0/s1. The topological polar surface area (TPSA) is 79.9 Å². The summed E-state index contributed by atoms with van der Waals surface area (Å²) in [7, 11) is 0. The molecule has 0 aliphatic rings. The summed E-state index contributed by atoms with van der Waals surface area (Å²) >= 11 is 2.98. The van der Waals surface area contributed by atoms with Crippen molar-refractivity contribution in [1.82, 2.24) is 10.6 Å². The van der Waals surface area contributed by atoms with Gasteiger partial charge in [-0.2, -0.15) is 0 Å². The minimum Gasteiger partial charge on any atom is -0.461 e. The van der Waals surface area contributed by atoms with Gasteiger partial charge in [-0.3, -0.25) is 13.9 Å². The Hall–Kier alpha value is -4.13. The molecule has 1 amide bonds. The van der Waals surface area contributed by atoms with Gasteiger partial charge in [0.25, 0.3) is 12.4 Å². The van der Waals surface area contributed by atoms with E-state index in [2.05, 4.69) is 19.7 Å². The van der Waals surface area contributed by atoms with Gasteiger partial charge in [-0.25, -0.2) is 0 Å². The number of hydrogen-bond acceptors (Lipinski definition) is 8. The molecular weight excluding hydrogens is 636 g/mol. The highest BCUT2D eigenvalue weighted by atomic mass is 32.2. The number of para-hydroxylation sites is 1. The van der Waals surface area contributed by atoms with E-state index in [1.54, 1.807) is 12.1 Å². The summed E-state index contributed by atoms with van der Waals surface area (Å²) in [6, 6.07) is 29.9. The highest BCUT2D eigenvalue weighted by Crippen LogP contribution is 2.39. The van der Waals surface area contributed by atoms with Gasteiger partial charge in [0.05, 0.1) is 23.0 Å². The summed E-state index contributed by atoms with van der Waals surface area (Å²) < 4.78 is 49.6. The maximum absolute atomic E-state index is 14.0. The molecule has 242 valence electrons. The van der Waals surface area contributed by atoms with Crippen LogP contribution in [-0.2, 0) is 22.5 Å². The first-order chi connectivity index (χ1) is 22.2. The summed E-state index contributed by atoms with van der Waals surface area (Å²) in [6.45, 7) is 0.617. The van der Waals surface area contributed by atoms with E-state index in [4.69, 9.17) is 4.74 Å². The van der Waals surface area contributed by atoms with Crippen LogP contribution in [0.5, 0.6) is 5.75 Å². The van der Waals surface area contributed by atoms with Gasteiger partial charge in [0.2, 0.25) is 0 Å². The number of anilines is 2. The molecule has 0 radical (unpaired) electrons. The van der Waals surface area contributed by atoms with Gasteiger partial charge >= 0.3 is 6.36 Å². The first kappa shape index (κ1) is 34.7. The molecule has 2 atom stereocenters. The molecule has 0 aromatic heterocycles. The maximum Gasteiger partial charge on any atom is 0.573 e. The van der Waals surface area contributed by atoms with Crippen molar-refractivity contribution in [2.75, 3.05) is 23.4 Å². The predicted octanol–water partition coefficient (Wildman–Crippen LogP) is 7.40. The average molecular weight is 670 g/mol. The fourth-order valence-electron chi connectivity index (χ4n) is 4.94. The number of carbonyl (C=O) groups excluding carboxylic acids is 2. The van der Waals surface area contributed by atoms with E-state index in [1.165, 1.54) is 41.9 Å². The second kappa shape index (κ2) is 17.0. The Balaban J connectivity index is 1.57. The minimum absolute atomic E-state index is 0.116. The number of hydrogen-bond donors (Lipinski definition) is 2. The second-order valence-electron chi connectivity index (χ2n) is 10.0. The lowest BCUT2D eigenvalue weighted by atomic mass is 10.00. The van der Waals surface area contributed by atoms with Crippen LogP contribution in [0.4, 0.5) is 24.5 Å². The van der Waals surface area contributed by atoms with E-state index in [0.29, 0.717) is 24.0 Å². The molecule has 4 rings (SSSR count). The average Bonchev–Trinajstić information content (AvgIpc) is 3.04. The molecule has 0 saturated carbocycles. The number of alkyl halides is 3. The summed E-state index contributed by atoms with van der Waals surface area (Å²) in [5.41, 5.74) is 3.75. The number of amides is 1. The lowest BCUT2D eigenvalue weighted by Crippen LogP contribution is -2.50. The fraction of sp³-hybridized carbons (Fsp3) is 0.235. The number of carbonyl (C=O) groups is 2. The third-order valence-electron chi connectivity index (χ3n) is 6.94. The van der Waals surface area contributed by atoms with Crippen LogP contribution < -0.4 is 19.7 Å². The van der Waals surface area contributed by atoms with Crippen LogP contribution in [0.15, 0.2) is 108 Å². The van der Waals surface area contributed by atoms with Crippen molar-refractivity contribution >= 4 is 47.5 Å². The van der Waals surface area contributed by atoms with Crippen LogP contribution in [-0.4, -0.2) is 49.9 Å². The molecule has 4 aromatic rings. The predicted molar refractivity (Wildman–Crippen MR) is 177 cm³/mol. The van der Waals surface area contributed by atoms with E-state index in [0.717, 1.165) is 21.8 Å². The lowest BCUT2D eigenvalue weighted by Gasteiger charge is -2.28. The van der Waals surface area contributed by atoms with Crippen LogP contribution >= 0.6 is 23.7 Å². The monoisotopic (exact) mass is 669 g/mol. The van der Waals surface area contributed by atoms with E-state index >= 15 is 0 Å². The molecule has 12 heteroatoms. The third-order valence-corrected chi connectivity index (χ3v) is 8.55. The van der Waals surface area contributed by atoms with E-state index in [1.807, 2.05) is 85.3 Å². The van der Waals surface area contributed by atoms with Gasteiger partial charge in [0, 0.05) is 24.2 Å². The highest BCUT2D eigenvalue weighted by Gasteiger charge is 2.31. The number of thioether (sulfide) groups is 1. The van der Waals surface area contributed by atoms with Gasteiger partial charge < -0.3 is 20.1 Å². The molecule has 0 aliphatic heterocycles. The fourth-order valence-corrected chi connectivity index (χ4v) is 6.43. The molecule has 0 unspecified atom stereocenters. The zero-order valence-electron chi connectivity index (χ0n) is 25.2. The van der Waals surface area contributed by atoms with Gasteiger partial charge in [-0.1, -0.05) is 66.7 Å². The molecule has 0 saturated heterocycles. The summed E-state index contributed by atoms with van der Waals surface area (Å²) in [6.07, 6.45) is -1.37. The van der Waals surface area contributed by atoms with Gasteiger partial charge in [-0.05, 0) is 72.1 Å². The summed E-state index contributed by atoms with van der Waals surface area (Å²) in [4.78, 5) is 26.4. The zero-order chi connectivity index (χ0) is 32.9. The van der Waals surface area contributed by atoms with Crippen LogP contribution in [0.25, 0.3) is 0 Å². The molecular formula is C34H34F3N3O4S2. The molecule has 0 spiro atoms. The highest BCUT2D eigenvalue weighted by molar-refractivity contribution is 8.00. The number of nitrogens with one attached hydrogen (secondary N) is 2. The van der Waals surface area contributed by atoms with Crippen molar-refractivity contribution in [1.29, 1.82) is 0 Å². The number of rotatable bonds is 16. The molecule has 0 fully saturated rings. The molecule has 7 nitrogen and oxygen atoms in total. The van der Waals surface area contributed by atoms with E-state index in [9.17, 15) is 22.8 Å². The Labute approximate surface area is 275 Å². The van der Waals surface area contributed by atoms with Crippen molar-refractivity contribution in [2.24, 2.45) is 0 Å². The summed E-state index contributed by atoms with van der Waals surface area (Å²) in [5, 5.41) is 6.25. The number of halogens is 3. The van der Waals surface area contributed by atoms with Gasteiger partial charge in [0.1, 0.15) is 11.9 Å². The number of nitrogens with zero attached hydrogens (tertiary/aromatic N) is 1. The van der Waals surface area contributed by atoms with Crippen molar-refractivity contribution in [3.05, 3.63) is 120 Å². The van der Waals surface area contributed by atoms with Crippen molar-refractivity contribution in [3.8, 4) is 5.75 Å². The van der Waals surface area contributed by atoms with Crippen molar-refractivity contribution in [2.45, 2.75) is 36.4 Å². The number of benzene rings is 4. The molecule has 4 aromatic carbocycles. The quantitative estimate of drug-likeness (QED) is 0.0727. The van der Waals surface area contributed by atoms with Gasteiger partial charge in [-0.15, -0.1) is 24.9 Å². The molecule has 2 N–H and O–H groups in total. The normalized spacial score (nSPS) is 12.5.